The van der Waals surface area contributed by atoms with Crippen LogP contribution in [0.25, 0.3) is 0 Å². The summed E-state index contributed by atoms with van der Waals surface area (Å²) in [5.74, 6) is 1.21. The van der Waals surface area contributed by atoms with E-state index >= 15 is 0 Å². The fourth-order valence-corrected chi connectivity index (χ4v) is 1.93. The Bertz CT molecular complexity index is 633. The molecule has 21 heavy (non-hydrogen) atoms. The molecule has 0 spiro atoms. The number of hydrogen-bond acceptors (Lipinski definition) is 5. The molecule has 108 valence electrons. The maximum absolute atomic E-state index is 8.95. The quantitative estimate of drug-likeness (QED) is 0.880. The first-order valence-electron chi connectivity index (χ1n) is 6.53. The number of nitriles is 1. The molecule has 0 aliphatic carbocycles. The Hall–Kier alpha value is -2.58. The minimum Gasteiger partial charge on any atom is -0.495 e. The van der Waals surface area contributed by atoms with Crippen molar-refractivity contribution >= 4 is 0 Å². The number of methoxy groups -OCH3 is 2. The van der Waals surface area contributed by atoms with Crippen LogP contribution < -0.4 is 14.8 Å². The molecule has 0 aliphatic heterocycles. The molecule has 0 unspecified atom stereocenters. The lowest BCUT2D eigenvalue weighted by atomic mass is 10.1. The van der Waals surface area contributed by atoms with Gasteiger partial charge in [-0.1, -0.05) is 12.1 Å². The molecule has 0 atom stereocenters. The van der Waals surface area contributed by atoms with Gasteiger partial charge < -0.3 is 14.8 Å². The third-order valence-corrected chi connectivity index (χ3v) is 3.05. The Labute approximate surface area is 124 Å². The van der Waals surface area contributed by atoms with Crippen LogP contribution in [0.3, 0.4) is 0 Å². The van der Waals surface area contributed by atoms with Gasteiger partial charge in [-0.15, -0.1) is 0 Å². The highest BCUT2D eigenvalue weighted by Gasteiger charge is 2.03. The first-order chi connectivity index (χ1) is 10.3. The molecule has 0 amide bonds. The predicted molar refractivity (Wildman–Crippen MR) is 79.0 cm³/mol. The number of pyridine rings is 1. The van der Waals surface area contributed by atoms with Gasteiger partial charge in [0.2, 0.25) is 5.88 Å². The summed E-state index contributed by atoms with van der Waals surface area (Å²) in [6.45, 7) is 1.40. The average molecular weight is 283 g/mol. The maximum Gasteiger partial charge on any atom is 0.212 e. The van der Waals surface area contributed by atoms with Crippen molar-refractivity contribution in [2.75, 3.05) is 14.2 Å². The van der Waals surface area contributed by atoms with E-state index < -0.39 is 0 Å². The summed E-state index contributed by atoms with van der Waals surface area (Å²) < 4.78 is 10.2. The largest absolute Gasteiger partial charge is 0.495 e. The molecule has 0 saturated heterocycles. The summed E-state index contributed by atoms with van der Waals surface area (Å²) in [5.41, 5.74) is 2.68. The van der Waals surface area contributed by atoms with Crippen LogP contribution in [0.15, 0.2) is 36.5 Å². The standard InChI is InChI=1S/C16H17N3O2/c1-20-15-7-12(3-5-14(15)8-17)9-18-10-13-4-6-16(21-2)19-11-13/h3-7,11,18H,9-10H2,1-2H3. The summed E-state index contributed by atoms with van der Waals surface area (Å²) in [6.07, 6.45) is 1.78. The van der Waals surface area contributed by atoms with E-state index in [0.29, 0.717) is 30.3 Å². The van der Waals surface area contributed by atoms with E-state index in [0.717, 1.165) is 11.1 Å². The second-order valence-electron chi connectivity index (χ2n) is 4.46. The van der Waals surface area contributed by atoms with Crippen molar-refractivity contribution in [2.24, 2.45) is 0 Å². The van der Waals surface area contributed by atoms with Crippen LogP contribution in [0.2, 0.25) is 0 Å². The van der Waals surface area contributed by atoms with Crippen molar-refractivity contribution in [3.05, 3.63) is 53.2 Å². The highest BCUT2D eigenvalue weighted by molar-refractivity contribution is 5.45. The van der Waals surface area contributed by atoms with Gasteiger partial charge in [-0.2, -0.15) is 5.26 Å². The van der Waals surface area contributed by atoms with Gasteiger partial charge >= 0.3 is 0 Å². The van der Waals surface area contributed by atoms with Crippen LogP contribution in [0.1, 0.15) is 16.7 Å². The van der Waals surface area contributed by atoms with Crippen molar-refractivity contribution in [3.8, 4) is 17.7 Å². The third kappa shape index (κ3) is 3.94. The lowest BCUT2D eigenvalue weighted by Gasteiger charge is -2.08. The van der Waals surface area contributed by atoms with E-state index in [1.165, 1.54) is 0 Å². The fourth-order valence-electron chi connectivity index (χ4n) is 1.93. The van der Waals surface area contributed by atoms with Crippen LogP contribution in [0.4, 0.5) is 0 Å². The van der Waals surface area contributed by atoms with Crippen LogP contribution in [0, 0.1) is 11.3 Å². The number of nitrogens with zero attached hydrogens (tertiary/aromatic N) is 2. The molecule has 5 nitrogen and oxygen atoms in total. The van der Waals surface area contributed by atoms with Crippen molar-refractivity contribution in [3.63, 3.8) is 0 Å². The second-order valence-corrected chi connectivity index (χ2v) is 4.46. The lowest BCUT2D eigenvalue weighted by molar-refractivity contribution is 0.397. The zero-order valence-electron chi connectivity index (χ0n) is 12.1. The summed E-state index contributed by atoms with van der Waals surface area (Å²) >= 11 is 0. The first kappa shape index (κ1) is 14.8. The molecule has 1 N–H and O–H groups in total. The zero-order valence-corrected chi connectivity index (χ0v) is 12.1. The summed E-state index contributed by atoms with van der Waals surface area (Å²) in [6, 6.07) is 11.5. The van der Waals surface area contributed by atoms with Crippen molar-refractivity contribution in [1.82, 2.24) is 10.3 Å². The van der Waals surface area contributed by atoms with Gasteiger partial charge in [0.25, 0.3) is 0 Å². The number of benzene rings is 1. The van der Waals surface area contributed by atoms with Crippen LogP contribution in [-0.2, 0) is 13.1 Å². The Morgan fingerprint density at radius 2 is 1.86 bits per heavy atom. The number of rotatable bonds is 6. The molecule has 1 heterocycles. The highest BCUT2D eigenvalue weighted by Crippen LogP contribution is 2.19. The number of hydrogen-bond donors (Lipinski definition) is 1. The normalized spacial score (nSPS) is 9.95. The SMILES string of the molecule is COc1ccc(CNCc2ccc(C#N)c(OC)c2)cn1. The summed E-state index contributed by atoms with van der Waals surface area (Å²) in [5, 5.41) is 12.3. The van der Waals surface area contributed by atoms with E-state index in [1.807, 2.05) is 24.3 Å². The Balaban J connectivity index is 1.92. The van der Waals surface area contributed by atoms with Crippen molar-refractivity contribution < 1.29 is 9.47 Å². The van der Waals surface area contributed by atoms with E-state index in [-0.39, 0.29) is 0 Å². The Morgan fingerprint density at radius 3 is 2.48 bits per heavy atom. The van der Waals surface area contributed by atoms with Crippen LogP contribution >= 0.6 is 0 Å². The van der Waals surface area contributed by atoms with E-state index in [2.05, 4.69) is 16.4 Å². The molecule has 0 aliphatic rings. The first-order valence-corrected chi connectivity index (χ1v) is 6.53. The molecule has 1 aromatic carbocycles. The Kier molecular flexibility index (Phi) is 5.13. The highest BCUT2D eigenvalue weighted by atomic mass is 16.5. The summed E-state index contributed by atoms with van der Waals surface area (Å²) in [7, 11) is 3.16. The lowest BCUT2D eigenvalue weighted by Crippen LogP contribution is -2.13. The maximum atomic E-state index is 8.95. The van der Waals surface area contributed by atoms with Crippen LogP contribution in [-0.4, -0.2) is 19.2 Å². The van der Waals surface area contributed by atoms with Crippen molar-refractivity contribution in [2.45, 2.75) is 13.1 Å². The monoisotopic (exact) mass is 283 g/mol. The third-order valence-electron chi connectivity index (χ3n) is 3.05. The minimum absolute atomic E-state index is 0.542. The molecule has 0 bridgehead atoms. The average Bonchev–Trinajstić information content (AvgIpc) is 2.55. The van der Waals surface area contributed by atoms with E-state index in [4.69, 9.17) is 14.7 Å². The van der Waals surface area contributed by atoms with Gasteiger partial charge in [-0.25, -0.2) is 4.98 Å². The second kappa shape index (κ2) is 7.27. The van der Waals surface area contributed by atoms with Gasteiger partial charge in [0, 0.05) is 25.4 Å². The summed E-state index contributed by atoms with van der Waals surface area (Å²) in [4.78, 5) is 4.15. The van der Waals surface area contributed by atoms with E-state index in [9.17, 15) is 0 Å². The van der Waals surface area contributed by atoms with Crippen LogP contribution in [0.5, 0.6) is 11.6 Å². The molecule has 2 rings (SSSR count). The predicted octanol–water partition coefficient (Wildman–Crippen LogP) is 2.26. The number of aromatic nitrogens is 1. The van der Waals surface area contributed by atoms with Crippen molar-refractivity contribution in [1.29, 1.82) is 5.26 Å². The molecule has 0 fully saturated rings. The smallest absolute Gasteiger partial charge is 0.212 e. The molecule has 0 radical (unpaired) electrons. The molecule has 0 saturated carbocycles. The number of nitrogens with one attached hydrogen (secondary N) is 1. The molecule has 1 aromatic heterocycles. The van der Waals surface area contributed by atoms with Gasteiger partial charge in [-0.3, -0.25) is 0 Å². The molecule has 2 aromatic rings. The molecular formula is C16H17N3O2. The van der Waals surface area contributed by atoms with Gasteiger partial charge in [-0.05, 0) is 23.3 Å². The topological polar surface area (TPSA) is 67.2 Å². The molecular weight excluding hydrogens is 266 g/mol. The van der Waals surface area contributed by atoms with E-state index in [1.54, 1.807) is 26.5 Å². The Morgan fingerprint density at radius 1 is 1.10 bits per heavy atom. The minimum atomic E-state index is 0.542. The zero-order chi connectivity index (χ0) is 15.1. The fraction of sp³-hybridized carbons (Fsp3) is 0.250. The molecule has 5 heteroatoms. The van der Waals surface area contributed by atoms with Gasteiger partial charge in [0.05, 0.1) is 19.8 Å². The van der Waals surface area contributed by atoms with Gasteiger partial charge in [0.1, 0.15) is 11.8 Å². The number of ether oxygens (including phenoxy) is 2. The van der Waals surface area contributed by atoms with Gasteiger partial charge in [0.15, 0.2) is 0 Å².